The van der Waals surface area contributed by atoms with Crippen molar-refractivity contribution in [3.8, 4) is 5.75 Å². The Balaban J connectivity index is 1.35. The van der Waals surface area contributed by atoms with Crippen LogP contribution in [0.15, 0.2) is 53.4 Å². The second-order valence-electron chi connectivity index (χ2n) is 8.71. The molecule has 2 aliphatic rings. The maximum atomic E-state index is 13.1. The highest BCUT2D eigenvalue weighted by Crippen LogP contribution is 2.29. The van der Waals surface area contributed by atoms with E-state index < -0.39 is 28.5 Å². The Bertz CT molecular complexity index is 1330. The zero-order valence-electron chi connectivity index (χ0n) is 20.8. The summed E-state index contributed by atoms with van der Waals surface area (Å²) in [6.45, 7) is 0.506. The summed E-state index contributed by atoms with van der Waals surface area (Å²) in [6, 6.07) is 11.2. The molecular weight excluding hydrogens is 514 g/mol. The third-order valence-corrected chi connectivity index (χ3v) is 7.81. The number of hydrogen-bond acceptors (Lipinski definition) is 8. The van der Waals surface area contributed by atoms with Gasteiger partial charge in [0.2, 0.25) is 10.0 Å². The van der Waals surface area contributed by atoms with Gasteiger partial charge in [-0.25, -0.2) is 13.2 Å². The zero-order chi connectivity index (χ0) is 27.1. The van der Waals surface area contributed by atoms with E-state index in [0.717, 1.165) is 18.9 Å². The Kier molecular flexibility index (Phi) is 8.77. The van der Waals surface area contributed by atoms with E-state index in [9.17, 15) is 22.8 Å². The lowest BCUT2D eigenvalue weighted by Gasteiger charge is -2.26. The van der Waals surface area contributed by atoms with Crippen LogP contribution in [0.25, 0.3) is 6.08 Å². The molecule has 0 aromatic heterocycles. The van der Waals surface area contributed by atoms with E-state index in [4.69, 9.17) is 14.2 Å². The Morgan fingerprint density at radius 2 is 1.84 bits per heavy atom. The minimum absolute atomic E-state index is 0.0267. The Hall–Kier alpha value is -3.74. The number of carbonyl (C=O) groups excluding carboxylic acids is 3. The number of amides is 2. The number of esters is 1. The summed E-state index contributed by atoms with van der Waals surface area (Å²) < 4.78 is 43.0. The average Bonchev–Trinajstić information content (AvgIpc) is 3.75. The first kappa shape index (κ1) is 27.3. The molecule has 2 N–H and O–H groups in total. The normalized spacial score (nSPS) is 16.1. The van der Waals surface area contributed by atoms with Crippen molar-refractivity contribution >= 4 is 39.6 Å². The molecule has 2 amide bonds. The Labute approximate surface area is 220 Å². The molecule has 38 heavy (non-hydrogen) atoms. The van der Waals surface area contributed by atoms with E-state index in [0.29, 0.717) is 30.0 Å². The minimum Gasteiger partial charge on any atom is -0.495 e. The average molecular weight is 544 g/mol. The molecule has 0 atom stereocenters. The van der Waals surface area contributed by atoms with Crippen LogP contribution in [0.4, 0.5) is 5.69 Å². The SMILES string of the molecule is COc1ccc(C=CC(=O)OCC(=O)Nc2ccccc2C(=O)NC2CC2)cc1S(=O)(=O)N1CCOCC1. The number of hydrogen-bond donors (Lipinski definition) is 2. The lowest BCUT2D eigenvalue weighted by molar-refractivity contribution is -0.142. The fraction of sp³-hybridized carbons (Fsp3) is 0.346. The van der Waals surface area contributed by atoms with E-state index in [-0.39, 0.29) is 35.7 Å². The number of nitrogens with zero attached hydrogens (tertiary/aromatic N) is 1. The van der Waals surface area contributed by atoms with E-state index in [1.807, 2.05) is 0 Å². The molecule has 1 saturated heterocycles. The molecule has 0 unspecified atom stereocenters. The molecule has 2 aromatic rings. The van der Waals surface area contributed by atoms with Crippen molar-refractivity contribution in [3.05, 3.63) is 59.7 Å². The van der Waals surface area contributed by atoms with Crippen LogP contribution in [-0.2, 0) is 29.1 Å². The van der Waals surface area contributed by atoms with Gasteiger partial charge in [0.1, 0.15) is 10.6 Å². The van der Waals surface area contributed by atoms with Gasteiger partial charge in [-0.05, 0) is 48.7 Å². The Morgan fingerprint density at radius 3 is 2.55 bits per heavy atom. The van der Waals surface area contributed by atoms with Crippen molar-refractivity contribution in [3.63, 3.8) is 0 Å². The van der Waals surface area contributed by atoms with E-state index in [1.165, 1.54) is 29.6 Å². The fourth-order valence-electron chi connectivity index (χ4n) is 3.74. The molecule has 4 rings (SSSR count). The first-order valence-electron chi connectivity index (χ1n) is 12.1. The predicted molar refractivity (Wildman–Crippen MR) is 138 cm³/mol. The summed E-state index contributed by atoms with van der Waals surface area (Å²) in [5.41, 5.74) is 1.06. The zero-order valence-corrected chi connectivity index (χ0v) is 21.7. The van der Waals surface area contributed by atoms with Crippen LogP contribution in [0, 0.1) is 0 Å². The van der Waals surface area contributed by atoms with Gasteiger partial charge < -0.3 is 24.8 Å². The number of ether oxygens (including phenoxy) is 3. The Morgan fingerprint density at radius 1 is 1.11 bits per heavy atom. The molecule has 0 spiro atoms. The van der Waals surface area contributed by atoms with Crippen LogP contribution >= 0.6 is 0 Å². The van der Waals surface area contributed by atoms with Gasteiger partial charge in [-0.1, -0.05) is 18.2 Å². The van der Waals surface area contributed by atoms with Gasteiger partial charge in [0, 0.05) is 25.2 Å². The monoisotopic (exact) mass is 543 g/mol. The standard InChI is InChI=1S/C26H29N3O8S/c1-35-22-10-6-18(16-23(22)38(33,34)29-12-14-36-15-13-29)7-11-25(31)37-17-24(30)28-21-5-3-2-4-20(21)26(32)27-19-8-9-19/h2-7,10-11,16,19H,8-9,12-15,17H2,1H3,(H,27,32)(H,28,30). The molecular formula is C26H29N3O8S. The third kappa shape index (κ3) is 6.97. The van der Waals surface area contributed by atoms with E-state index in [1.54, 1.807) is 30.3 Å². The highest BCUT2D eigenvalue weighted by Gasteiger charge is 2.29. The fourth-order valence-corrected chi connectivity index (χ4v) is 5.34. The van der Waals surface area contributed by atoms with E-state index in [2.05, 4.69) is 10.6 Å². The molecule has 1 heterocycles. The predicted octanol–water partition coefficient (Wildman–Crippen LogP) is 1.80. The number of anilines is 1. The molecule has 0 bridgehead atoms. The quantitative estimate of drug-likeness (QED) is 0.342. The number of nitrogens with one attached hydrogen (secondary N) is 2. The molecule has 12 heteroatoms. The summed E-state index contributed by atoms with van der Waals surface area (Å²) in [6.07, 6.45) is 4.35. The van der Waals surface area contributed by atoms with Crippen LogP contribution < -0.4 is 15.4 Å². The number of sulfonamides is 1. The largest absolute Gasteiger partial charge is 0.495 e. The minimum atomic E-state index is -3.83. The lowest BCUT2D eigenvalue weighted by atomic mass is 10.1. The number of morpholine rings is 1. The first-order valence-corrected chi connectivity index (χ1v) is 13.5. The number of rotatable bonds is 10. The summed E-state index contributed by atoms with van der Waals surface area (Å²) >= 11 is 0. The van der Waals surface area contributed by atoms with Gasteiger partial charge in [-0.15, -0.1) is 0 Å². The topological polar surface area (TPSA) is 140 Å². The van der Waals surface area contributed by atoms with Crippen molar-refractivity contribution < 1.29 is 37.0 Å². The number of methoxy groups -OCH3 is 1. The number of para-hydroxylation sites is 1. The van der Waals surface area contributed by atoms with Crippen molar-refractivity contribution in [2.45, 2.75) is 23.8 Å². The smallest absolute Gasteiger partial charge is 0.331 e. The van der Waals surface area contributed by atoms with Crippen LogP contribution in [0.2, 0.25) is 0 Å². The number of benzene rings is 2. The molecule has 1 aliphatic carbocycles. The van der Waals surface area contributed by atoms with E-state index >= 15 is 0 Å². The maximum Gasteiger partial charge on any atom is 0.331 e. The van der Waals surface area contributed by atoms with Crippen LogP contribution in [0.5, 0.6) is 5.75 Å². The molecule has 1 saturated carbocycles. The summed E-state index contributed by atoms with van der Waals surface area (Å²) in [7, 11) is -2.45. The first-order chi connectivity index (χ1) is 18.3. The molecule has 2 fully saturated rings. The molecule has 1 aliphatic heterocycles. The molecule has 0 radical (unpaired) electrons. The molecule has 11 nitrogen and oxygen atoms in total. The van der Waals surface area contributed by atoms with Gasteiger partial charge in [-0.3, -0.25) is 9.59 Å². The van der Waals surface area contributed by atoms with Gasteiger partial charge in [-0.2, -0.15) is 4.31 Å². The lowest BCUT2D eigenvalue weighted by Crippen LogP contribution is -2.40. The highest BCUT2D eigenvalue weighted by molar-refractivity contribution is 7.89. The second kappa shape index (κ2) is 12.2. The van der Waals surface area contributed by atoms with Crippen molar-refractivity contribution in [1.29, 1.82) is 0 Å². The molecule has 202 valence electrons. The van der Waals surface area contributed by atoms with Gasteiger partial charge in [0.05, 0.1) is 31.6 Å². The van der Waals surface area contributed by atoms with Gasteiger partial charge in [0.15, 0.2) is 6.61 Å². The maximum absolute atomic E-state index is 13.1. The van der Waals surface area contributed by atoms with Crippen LogP contribution in [0.3, 0.4) is 0 Å². The highest BCUT2D eigenvalue weighted by atomic mass is 32.2. The van der Waals surface area contributed by atoms with Gasteiger partial charge in [0.25, 0.3) is 11.8 Å². The van der Waals surface area contributed by atoms with Crippen molar-refractivity contribution in [2.24, 2.45) is 0 Å². The van der Waals surface area contributed by atoms with Crippen molar-refractivity contribution in [2.75, 3.05) is 45.3 Å². The molecule has 2 aromatic carbocycles. The van der Waals surface area contributed by atoms with Crippen molar-refractivity contribution in [1.82, 2.24) is 9.62 Å². The summed E-state index contributed by atoms with van der Waals surface area (Å²) in [5.74, 6) is -1.51. The summed E-state index contributed by atoms with van der Waals surface area (Å²) in [4.78, 5) is 36.9. The van der Waals surface area contributed by atoms with Gasteiger partial charge >= 0.3 is 5.97 Å². The third-order valence-electron chi connectivity index (χ3n) is 5.89. The van der Waals surface area contributed by atoms with Crippen LogP contribution in [0.1, 0.15) is 28.8 Å². The van der Waals surface area contributed by atoms with Crippen LogP contribution in [-0.4, -0.2) is 76.6 Å². The second-order valence-corrected chi connectivity index (χ2v) is 10.6. The number of carbonyl (C=O) groups is 3. The summed E-state index contributed by atoms with van der Waals surface area (Å²) in [5, 5.41) is 5.45.